The van der Waals surface area contributed by atoms with Gasteiger partial charge < -0.3 is 10.2 Å². The third-order valence-corrected chi connectivity index (χ3v) is 5.77. The van der Waals surface area contributed by atoms with Crippen LogP contribution in [-0.2, 0) is 9.59 Å². The van der Waals surface area contributed by atoms with E-state index in [1.165, 1.54) is 19.3 Å². The zero-order chi connectivity index (χ0) is 16.4. The van der Waals surface area contributed by atoms with Crippen LogP contribution in [0, 0.1) is 12.8 Å². The second-order valence-electron chi connectivity index (χ2n) is 6.68. The number of aryl methyl sites for hydroxylation is 1. The number of anilines is 1. The first-order valence-electron chi connectivity index (χ1n) is 8.41. The van der Waals surface area contributed by atoms with E-state index in [0.717, 1.165) is 28.6 Å². The fraction of sp³-hybridized carbons (Fsp3) is 0.556. The SMILES string of the molecule is Cc1ccc(N2CC(C(=O)NC3CCCCC3)CC2=O)cc1Br. The third kappa shape index (κ3) is 3.77. The Morgan fingerprint density at radius 1 is 1.26 bits per heavy atom. The van der Waals surface area contributed by atoms with Crippen LogP contribution in [-0.4, -0.2) is 24.4 Å². The summed E-state index contributed by atoms with van der Waals surface area (Å²) < 4.78 is 0.984. The molecular weight excluding hydrogens is 356 g/mol. The van der Waals surface area contributed by atoms with E-state index in [1.54, 1.807) is 4.90 Å². The van der Waals surface area contributed by atoms with Crippen LogP contribution in [0.4, 0.5) is 5.69 Å². The van der Waals surface area contributed by atoms with Crippen LogP contribution in [0.2, 0.25) is 0 Å². The highest BCUT2D eigenvalue weighted by Crippen LogP contribution is 2.29. The van der Waals surface area contributed by atoms with Gasteiger partial charge in [-0.05, 0) is 37.5 Å². The highest BCUT2D eigenvalue weighted by atomic mass is 79.9. The molecule has 5 heteroatoms. The van der Waals surface area contributed by atoms with Crippen LogP contribution in [0.15, 0.2) is 22.7 Å². The number of carbonyl (C=O) groups is 2. The Morgan fingerprint density at radius 2 is 2.00 bits per heavy atom. The van der Waals surface area contributed by atoms with E-state index in [-0.39, 0.29) is 17.7 Å². The van der Waals surface area contributed by atoms with Gasteiger partial charge in [-0.3, -0.25) is 9.59 Å². The molecule has 4 nitrogen and oxygen atoms in total. The Labute approximate surface area is 145 Å². The van der Waals surface area contributed by atoms with E-state index in [0.29, 0.717) is 19.0 Å². The van der Waals surface area contributed by atoms with Gasteiger partial charge in [0.1, 0.15) is 0 Å². The van der Waals surface area contributed by atoms with Crippen LogP contribution in [0.25, 0.3) is 0 Å². The van der Waals surface area contributed by atoms with Gasteiger partial charge in [-0.25, -0.2) is 0 Å². The maximum absolute atomic E-state index is 12.5. The summed E-state index contributed by atoms with van der Waals surface area (Å²) in [6.07, 6.45) is 6.10. The van der Waals surface area contributed by atoms with Crippen molar-refractivity contribution in [1.82, 2.24) is 5.32 Å². The molecule has 2 amide bonds. The average molecular weight is 379 g/mol. The molecule has 0 bridgehead atoms. The Bertz CT molecular complexity index is 611. The molecule has 23 heavy (non-hydrogen) atoms. The molecule has 1 aliphatic carbocycles. The van der Waals surface area contributed by atoms with Crippen molar-refractivity contribution in [2.75, 3.05) is 11.4 Å². The van der Waals surface area contributed by atoms with Gasteiger partial charge in [0, 0.05) is 29.2 Å². The lowest BCUT2D eigenvalue weighted by Crippen LogP contribution is -2.40. The minimum absolute atomic E-state index is 0.0320. The Morgan fingerprint density at radius 3 is 2.70 bits per heavy atom. The second kappa shape index (κ2) is 7.04. The predicted molar refractivity (Wildman–Crippen MR) is 94.4 cm³/mol. The molecular formula is C18H23BrN2O2. The van der Waals surface area contributed by atoms with Crippen molar-refractivity contribution >= 4 is 33.4 Å². The second-order valence-corrected chi connectivity index (χ2v) is 7.54. The van der Waals surface area contributed by atoms with Gasteiger partial charge in [0.05, 0.1) is 5.92 Å². The van der Waals surface area contributed by atoms with Gasteiger partial charge >= 0.3 is 0 Å². The molecule has 1 saturated carbocycles. The minimum atomic E-state index is -0.232. The van der Waals surface area contributed by atoms with Crippen LogP contribution < -0.4 is 10.2 Å². The highest BCUT2D eigenvalue weighted by Gasteiger charge is 2.36. The molecule has 1 atom stereocenters. The zero-order valence-electron chi connectivity index (χ0n) is 13.5. The van der Waals surface area contributed by atoms with Crippen molar-refractivity contribution in [3.05, 3.63) is 28.2 Å². The van der Waals surface area contributed by atoms with E-state index >= 15 is 0 Å². The predicted octanol–water partition coefficient (Wildman–Crippen LogP) is 3.56. The van der Waals surface area contributed by atoms with Crippen LogP contribution in [0.3, 0.4) is 0 Å². The maximum Gasteiger partial charge on any atom is 0.227 e. The van der Waals surface area contributed by atoms with Crippen molar-refractivity contribution in [3.8, 4) is 0 Å². The first-order valence-corrected chi connectivity index (χ1v) is 9.21. The minimum Gasteiger partial charge on any atom is -0.353 e. The number of carbonyl (C=O) groups excluding carboxylic acids is 2. The lowest BCUT2D eigenvalue weighted by atomic mass is 9.95. The molecule has 3 rings (SSSR count). The van der Waals surface area contributed by atoms with Crippen molar-refractivity contribution in [1.29, 1.82) is 0 Å². The maximum atomic E-state index is 12.5. The van der Waals surface area contributed by atoms with Crippen molar-refractivity contribution < 1.29 is 9.59 Å². The Balaban J connectivity index is 1.64. The van der Waals surface area contributed by atoms with Gasteiger partial charge in [-0.2, -0.15) is 0 Å². The number of halogens is 1. The standard InChI is InChI=1S/C18H23BrN2O2/c1-12-7-8-15(10-16(12)19)21-11-13(9-17(21)22)18(23)20-14-5-3-2-4-6-14/h7-8,10,13-14H,2-6,9,11H2,1H3,(H,20,23). The van der Waals surface area contributed by atoms with E-state index < -0.39 is 0 Å². The van der Waals surface area contributed by atoms with Gasteiger partial charge in [0.15, 0.2) is 0 Å². The molecule has 2 fully saturated rings. The molecule has 1 saturated heterocycles. The number of benzene rings is 1. The van der Waals surface area contributed by atoms with E-state index in [9.17, 15) is 9.59 Å². The summed E-state index contributed by atoms with van der Waals surface area (Å²) in [6.45, 7) is 2.49. The molecule has 1 heterocycles. The average Bonchev–Trinajstić information content (AvgIpc) is 2.93. The van der Waals surface area contributed by atoms with Gasteiger partial charge in [0.2, 0.25) is 11.8 Å². The van der Waals surface area contributed by atoms with Crippen molar-refractivity contribution in [2.45, 2.75) is 51.5 Å². The third-order valence-electron chi connectivity index (χ3n) is 4.91. The fourth-order valence-corrected chi connectivity index (χ4v) is 3.82. The quantitative estimate of drug-likeness (QED) is 0.873. The van der Waals surface area contributed by atoms with Crippen molar-refractivity contribution in [2.24, 2.45) is 5.92 Å². The first kappa shape index (κ1) is 16.5. The van der Waals surface area contributed by atoms with Crippen LogP contribution in [0.1, 0.15) is 44.1 Å². The molecule has 1 unspecified atom stereocenters. The molecule has 1 N–H and O–H groups in total. The fourth-order valence-electron chi connectivity index (χ4n) is 3.45. The van der Waals surface area contributed by atoms with E-state index in [1.807, 2.05) is 25.1 Å². The molecule has 2 aliphatic rings. The summed E-state index contributed by atoms with van der Waals surface area (Å²) in [6, 6.07) is 6.19. The van der Waals surface area contributed by atoms with Crippen LogP contribution >= 0.6 is 15.9 Å². The lowest BCUT2D eigenvalue weighted by molar-refractivity contribution is -0.127. The Hall–Kier alpha value is -1.36. The smallest absolute Gasteiger partial charge is 0.227 e. The monoisotopic (exact) mass is 378 g/mol. The topological polar surface area (TPSA) is 49.4 Å². The summed E-state index contributed by atoms with van der Waals surface area (Å²) >= 11 is 3.51. The molecule has 0 spiro atoms. The normalized spacial score (nSPS) is 22.4. The number of hydrogen-bond acceptors (Lipinski definition) is 2. The molecule has 0 aromatic heterocycles. The van der Waals surface area contributed by atoms with Gasteiger partial charge in [0.25, 0.3) is 0 Å². The van der Waals surface area contributed by atoms with Crippen molar-refractivity contribution in [3.63, 3.8) is 0 Å². The zero-order valence-corrected chi connectivity index (χ0v) is 15.1. The summed E-state index contributed by atoms with van der Waals surface area (Å²) in [5.74, 6) is -0.159. The Kier molecular flexibility index (Phi) is 5.05. The highest BCUT2D eigenvalue weighted by molar-refractivity contribution is 9.10. The number of rotatable bonds is 3. The molecule has 124 valence electrons. The van der Waals surface area contributed by atoms with E-state index in [2.05, 4.69) is 21.2 Å². The summed E-state index contributed by atoms with van der Waals surface area (Å²) in [5, 5.41) is 3.15. The largest absolute Gasteiger partial charge is 0.353 e. The van der Waals surface area contributed by atoms with E-state index in [4.69, 9.17) is 0 Å². The number of nitrogens with one attached hydrogen (secondary N) is 1. The lowest BCUT2D eigenvalue weighted by Gasteiger charge is -2.24. The molecule has 0 radical (unpaired) electrons. The number of nitrogens with zero attached hydrogens (tertiary/aromatic N) is 1. The summed E-state index contributed by atoms with van der Waals surface area (Å²) in [7, 11) is 0. The summed E-state index contributed by atoms with van der Waals surface area (Å²) in [5.41, 5.74) is 1.99. The van der Waals surface area contributed by atoms with Gasteiger partial charge in [-0.1, -0.05) is 41.3 Å². The summed E-state index contributed by atoms with van der Waals surface area (Å²) in [4.78, 5) is 26.5. The molecule has 1 aromatic carbocycles. The first-order chi connectivity index (χ1) is 11.0. The number of amides is 2. The molecule has 1 aromatic rings. The van der Waals surface area contributed by atoms with Crippen LogP contribution in [0.5, 0.6) is 0 Å². The number of hydrogen-bond donors (Lipinski definition) is 1. The van der Waals surface area contributed by atoms with Gasteiger partial charge in [-0.15, -0.1) is 0 Å². The molecule has 1 aliphatic heterocycles.